The Morgan fingerprint density at radius 2 is 1.09 bits per heavy atom. The van der Waals surface area contributed by atoms with Crippen molar-refractivity contribution in [1.82, 2.24) is 9.80 Å². The molecule has 2 nitrogen and oxygen atoms in total. The van der Waals surface area contributed by atoms with Crippen molar-refractivity contribution in [2.24, 2.45) is 0 Å². The second-order valence-electron chi connectivity index (χ2n) is 6.87. The van der Waals surface area contributed by atoms with Gasteiger partial charge < -0.3 is 9.80 Å². The number of rotatable bonds is 14. The van der Waals surface area contributed by atoms with Crippen molar-refractivity contribution in [2.45, 2.75) is 104 Å². The highest BCUT2D eigenvalue weighted by Crippen LogP contribution is 2.23. The smallest absolute Gasteiger partial charge is 0.101 e. The lowest BCUT2D eigenvalue weighted by atomic mass is 10.1. The fourth-order valence-corrected chi connectivity index (χ4v) is 3.33. The first-order valence-corrected chi connectivity index (χ1v) is 10.0. The van der Waals surface area contributed by atoms with Crippen LogP contribution in [0.2, 0.25) is 0 Å². The molecule has 0 bridgehead atoms. The van der Waals surface area contributed by atoms with E-state index in [1.807, 2.05) is 0 Å². The van der Waals surface area contributed by atoms with Crippen molar-refractivity contribution in [1.29, 1.82) is 0 Å². The first kappa shape index (κ1) is 19.4. The van der Waals surface area contributed by atoms with Gasteiger partial charge in [-0.25, -0.2) is 0 Å². The summed E-state index contributed by atoms with van der Waals surface area (Å²) in [6.45, 7) is 9.37. The first-order chi connectivity index (χ1) is 10.8. The molecule has 22 heavy (non-hydrogen) atoms. The van der Waals surface area contributed by atoms with Gasteiger partial charge in [-0.3, -0.25) is 0 Å². The van der Waals surface area contributed by atoms with Crippen molar-refractivity contribution in [3.05, 3.63) is 12.4 Å². The molecule has 1 rings (SSSR count). The van der Waals surface area contributed by atoms with Crippen molar-refractivity contribution < 1.29 is 0 Å². The number of nitrogens with zero attached hydrogens (tertiary/aromatic N) is 2. The average Bonchev–Trinajstić information content (AvgIpc) is 2.91. The zero-order valence-corrected chi connectivity index (χ0v) is 15.5. The van der Waals surface area contributed by atoms with Crippen LogP contribution in [0, 0.1) is 0 Å². The van der Waals surface area contributed by atoms with Crippen LogP contribution in [0.4, 0.5) is 0 Å². The predicted octanol–water partition coefficient (Wildman–Crippen LogP) is 6.14. The maximum atomic E-state index is 2.62. The standard InChI is InChI=1S/C20H40N2/c1-4-7-10-12-13-15-20-21(16-9-6-3)18-19-22(20)17-14-11-8-5-2/h18-20H,4-17H2,1-3H3. The topological polar surface area (TPSA) is 6.48 Å². The molecule has 0 aromatic heterocycles. The molecular weight excluding hydrogens is 268 g/mol. The van der Waals surface area contributed by atoms with Gasteiger partial charge >= 0.3 is 0 Å². The maximum absolute atomic E-state index is 2.62. The highest BCUT2D eigenvalue weighted by Gasteiger charge is 2.24. The third-order valence-corrected chi connectivity index (χ3v) is 4.82. The van der Waals surface area contributed by atoms with E-state index in [4.69, 9.17) is 0 Å². The van der Waals surface area contributed by atoms with Crippen LogP contribution in [-0.4, -0.2) is 29.1 Å². The lowest BCUT2D eigenvalue weighted by molar-refractivity contribution is 0.136. The number of unbranched alkanes of at least 4 members (excludes halogenated alkanes) is 8. The monoisotopic (exact) mass is 308 g/mol. The summed E-state index contributed by atoms with van der Waals surface area (Å²) < 4.78 is 0. The third-order valence-electron chi connectivity index (χ3n) is 4.82. The van der Waals surface area contributed by atoms with Gasteiger partial charge in [0.1, 0.15) is 6.17 Å². The Balaban J connectivity index is 2.34. The van der Waals surface area contributed by atoms with Crippen LogP contribution >= 0.6 is 0 Å². The Morgan fingerprint density at radius 1 is 0.591 bits per heavy atom. The van der Waals surface area contributed by atoms with E-state index in [1.165, 1.54) is 90.1 Å². The fraction of sp³-hybridized carbons (Fsp3) is 0.900. The summed E-state index contributed by atoms with van der Waals surface area (Å²) in [7, 11) is 0. The molecule has 0 spiro atoms. The summed E-state index contributed by atoms with van der Waals surface area (Å²) in [6.07, 6.45) is 21.8. The minimum absolute atomic E-state index is 0.648. The molecule has 0 N–H and O–H groups in total. The van der Waals surface area contributed by atoms with Crippen LogP contribution in [0.3, 0.4) is 0 Å². The summed E-state index contributed by atoms with van der Waals surface area (Å²) in [6, 6.07) is 0. The van der Waals surface area contributed by atoms with Crippen LogP contribution in [-0.2, 0) is 0 Å². The Kier molecular flexibility index (Phi) is 11.3. The summed E-state index contributed by atoms with van der Waals surface area (Å²) >= 11 is 0. The normalized spacial score (nSPS) is 17.7. The molecule has 1 aliphatic rings. The zero-order valence-electron chi connectivity index (χ0n) is 15.5. The van der Waals surface area contributed by atoms with E-state index in [0.717, 1.165) is 0 Å². The van der Waals surface area contributed by atoms with E-state index in [2.05, 4.69) is 43.0 Å². The lowest BCUT2D eigenvalue weighted by Crippen LogP contribution is -2.39. The van der Waals surface area contributed by atoms with Crippen molar-refractivity contribution in [3.63, 3.8) is 0 Å². The van der Waals surface area contributed by atoms with Gasteiger partial charge in [0.2, 0.25) is 0 Å². The van der Waals surface area contributed by atoms with E-state index in [-0.39, 0.29) is 0 Å². The Bertz CT molecular complexity index is 275. The quantitative estimate of drug-likeness (QED) is 0.355. The molecule has 0 saturated carbocycles. The van der Waals surface area contributed by atoms with E-state index in [9.17, 15) is 0 Å². The van der Waals surface area contributed by atoms with Crippen LogP contribution in [0.15, 0.2) is 12.4 Å². The van der Waals surface area contributed by atoms with Crippen LogP contribution < -0.4 is 0 Å². The number of hydrogen-bond acceptors (Lipinski definition) is 2. The molecule has 2 heteroatoms. The van der Waals surface area contributed by atoms with Gasteiger partial charge in [0.15, 0.2) is 0 Å². The summed E-state index contributed by atoms with van der Waals surface area (Å²) in [5.41, 5.74) is 0. The molecule has 0 fully saturated rings. The van der Waals surface area contributed by atoms with Crippen LogP contribution in [0.25, 0.3) is 0 Å². The molecule has 1 aliphatic heterocycles. The minimum Gasteiger partial charge on any atom is -0.356 e. The van der Waals surface area contributed by atoms with E-state index in [0.29, 0.717) is 6.17 Å². The van der Waals surface area contributed by atoms with Gasteiger partial charge in [-0.1, -0.05) is 72.1 Å². The van der Waals surface area contributed by atoms with Crippen molar-refractivity contribution in [2.75, 3.05) is 13.1 Å². The maximum Gasteiger partial charge on any atom is 0.101 e. The van der Waals surface area contributed by atoms with Gasteiger partial charge in [0.05, 0.1) is 0 Å². The molecular formula is C20H40N2. The van der Waals surface area contributed by atoms with E-state index in [1.54, 1.807) is 0 Å². The Labute approximate surface area is 139 Å². The minimum atomic E-state index is 0.648. The lowest BCUT2D eigenvalue weighted by Gasteiger charge is -2.33. The highest BCUT2D eigenvalue weighted by atomic mass is 15.4. The van der Waals surface area contributed by atoms with Gasteiger partial charge in [0.25, 0.3) is 0 Å². The largest absolute Gasteiger partial charge is 0.356 e. The number of hydrogen-bond donors (Lipinski definition) is 0. The summed E-state index contributed by atoms with van der Waals surface area (Å²) in [5, 5.41) is 0. The van der Waals surface area contributed by atoms with E-state index >= 15 is 0 Å². The van der Waals surface area contributed by atoms with Crippen molar-refractivity contribution in [3.8, 4) is 0 Å². The second kappa shape index (κ2) is 12.8. The van der Waals surface area contributed by atoms with Crippen LogP contribution in [0.1, 0.15) is 97.8 Å². The molecule has 130 valence electrons. The summed E-state index contributed by atoms with van der Waals surface area (Å²) in [5.74, 6) is 0. The molecule has 0 radical (unpaired) electrons. The molecule has 1 unspecified atom stereocenters. The van der Waals surface area contributed by atoms with Crippen molar-refractivity contribution >= 4 is 0 Å². The second-order valence-corrected chi connectivity index (χ2v) is 6.87. The molecule has 1 heterocycles. The average molecular weight is 309 g/mol. The third kappa shape index (κ3) is 7.56. The predicted molar refractivity (Wildman–Crippen MR) is 98.8 cm³/mol. The van der Waals surface area contributed by atoms with Gasteiger partial charge in [0, 0.05) is 25.5 Å². The van der Waals surface area contributed by atoms with Gasteiger partial charge in [-0.2, -0.15) is 0 Å². The molecule has 0 aromatic rings. The Hall–Kier alpha value is -0.660. The van der Waals surface area contributed by atoms with Crippen LogP contribution in [0.5, 0.6) is 0 Å². The molecule has 0 aromatic carbocycles. The van der Waals surface area contributed by atoms with E-state index < -0.39 is 0 Å². The fourth-order valence-electron chi connectivity index (χ4n) is 3.33. The molecule has 0 saturated heterocycles. The SMILES string of the molecule is CCCCCCCC1N(CCCC)C=CN1CCCCCC. The van der Waals surface area contributed by atoms with Gasteiger partial charge in [-0.05, 0) is 25.7 Å². The highest BCUT2D eigenvalue weighted by molar-refractivity contribution is 4.96. The molecule has 0 aliphatic carbocycles. The molecule has 1 atom stereocenters. The Morgan fingerprint density at radius 3 is 1.68 bits per heavy atom. The first-order valence-electron chi connectivity index (χ1n) is 10.0. The zero-order chi connectivity index (χ0) is 16.0. The van der Waals surface area contributed by atoms with Gasteiger partial charge in [-0.15, -0.1) is 0 Å². The molecule has 0 amide bonds. The summed E-state index contributed by atoms with van der Waals surface area (Å²) in [4.78, 5) is 5.22.